The number of para-hydroxylation sites is 4. The van der Waals surface area contributed by atoms with Crippen LogP contribution in [0.3, 0.4) is 0 Å². The van der Waals surface area contributed by atoms with Crippen molar-refractivity contribution in [1.82, 2.24) is 29.9 Å². The summed E-state index contributed by atoms with van der Waals surface area (Å²) in [6, 6.07) is 23.1. The average molecular weight is 481 g/mol. The highest BCUT2D eigenvalue weighted by Gasteiger charge is 2.24. The number of piperazine rings is 1. The number of carbonyl (C=O) groups is 1. The molecule has 5 aromatic rings. The van der Waals surface area contributed by atoms with Gasteiger partial charge in [0.1, 0.15) is 5.75 Å². The monoisotopic (exact) mass is 480 g/mol. The van der Waals surface area contributed by atoms with Crippen molar-refractivity contribution in [1.29, 1.82) is 0 Å². The molecule has 0 bridgehead atoms. The number of benzene rings is 3. The van der Waals surface area contributed by atoms with Crippen molar-refractivity contribution in [2.75, 3.05) is 43.5 Å². The molecule has 10 nitrogen and oxygen atoms in total. The van der Waals surface area contributed by atoms with E-state index in [1.54, 1.807) is 11.6 Å². The van der Waals surface area contributed by atoms with Crippen molar-refractivity contribution >= 4 is 39.8 Å². The second kappa shape index (κ2) is 9.14. The number of rotatable bonds is 5. The van der Waals surface area contributed by atoms with Crippen LogP contribution in [0.15, 0.2) is 72.8 Å². The highest BCUT2D eigenvalue weighted by atomic mass is 16.5. The molecule has 3 aromatic carbocycles. The van der Waals surface area contributed by atoms with Crippen molar-refractivity contribution < 1.29 is 9.53 Å². The van der Waals surface area contributed by atoms with E-state index in [9.17, 15) is 4.79 Å². The van der Waals surface area contributed by atoms with Gasteiger partial charge in [-0.3, -0.25) is 4.79 Å². The Morgan fingerprint density at radius 1 is 0.944 bits per heavy atom. The van der Waals surface area contributed by atoms with Gasteiger partial charge in [-0.15, -0.1) is 5.10 Å². The zero-order valence-electron chi connectivity index (χ0n) is 19.7. The van der Waals surface area contributed by atoms with Gasteiger partial charge in [-0.25, -0.2) is 4.98 Å². The number of hydrogen-bond donors (Lipinski definition) is 1. The van der Waals surface area contributed by atoms with Crippen LogP contribution in [0.25, 0.3) is 16.7 Å². The first-order valence-electron chi connectivity index (χ1n) is 11.7. The van der Waals surface area contributed by atoms with Gasteiger partial charge >= 0.3 is 0 Å². The van der Waals surface area contributed by atoms with Crippen LogP contribution >= 0.6 is 0 Å². The van der Waals surface area contributed by atoms with Gasteiger partial charge in [-0.05, 0) is 52.9 Å². The normalized spacial score (nSPS) is 13.8. The predicted octanol–water partition coefficient (Wildman–Crippen LogP) is 3.39. The van der Waals surface area contributed by atoms with E-state index >= 15 is 0 Å². The molecule has 6 rings (SSSR count). The number of tetrazole rings is 1. The molecule has 1 N–H and O–H groups in total. The summed E-state index contributed by atoms with van der Waals surface area (Å²) in [5.41, 5.74) is 4.50. The van der Waals surface area contributed by atoms with E-state index in [2.05, 4.69) is 25.7 Å². The highest BCUT2D eigenvalue weighted by molar-refractivity contribution is 5.95. The van der Waals surface area contributed by atoms with Gasteiger partial charge in [0.15, 0.2) is 5.82 Å². The standard InChI is InChI=1S/C26H24N8O2/c1-36-23-12-5-4-11-22(23)32-13-15-33(16-14-32)26(35)18-7-6-8-19(17-18)27-24-25-29-30-31-34(25)21-10-3-2-9-20(21)28-24/h2-12,17H,13-16H2,1H3,(H,27,28). The van der Waals surface area contributed by atoms with Crippen LogP contribution in [0.4, 0.5) is 17.2 Å². The van der Waals surface area contributed by atoms with Crippen LogP contribution in [-0.4, -0.2) is 69.1 Å². The lowest BCUT2D eigenvalue weighted by Crippen LogP contribution is -2.48. The fourth-order valence-electron chi connectivity index (χ4n) is 4.58. The van der Waals surface area contributed by atoms with Gasteiger partial charge in [0.25, 0.3) is 5.91 Å². The number of ether oxygens (including phenoxy) is 1. The van der Waals surface area contributed by atoms with Crippen molar-refractivity contribution in [3.05, 3.63) is 78.4 Å². The molecule has 36 heavy (non-hydrogen) atoms. The molecule has 0 saturated carbocycles. The van der Waals surface area contributed by atoms with Crippen LogP contribution in [0, 0.1) is 0 Å². The molecule has 0 atom stereocenters. The maximum absolute atomic E-state index is 13.3. The fraction of sp³-hybridized carbons (Fsp3) is 0.192. The maximum atomic E-state index is 13.3. The van der Waals surface area contributed by atoms with E-state index in [1.165, 1.54) is 0 Å². The molecule has 0 unspecified atom stereocenters. The number of fused-ring (bicyclic) bond motifs is 3. The van der Waals surface area contributed by atoms with E-state index < -0.39 is 0 Å². The Morgan fingerprint density at radius 2 is 1.75 bits per heavy atom. The Labute approximate surface area is 207 Å². The topological polar surface area (TPSA) is 101 Å². The first-order chi connectivity index (χ1) is 17.7. The van der Waals surface area contributed by atoms with E-state index in [0.29, 0.717) is 30.1 Å². The Bertz CT molecular complexity index is 1560. The number of amides is 1. The van der Waals surface area contributed by atoms with Gasteiger partial charge in [-0.2, -0.15) is 4.52 Å². The third-order valence-electron chi connectivity index (χ3n) is 6.39. The minimum Gasteiger partial charge on any atom is -0.495 e. The molecule has 1 aliphatic rings. The van der Waals surface area contributed by atoms with Gasteiger partial charge < -0.3 is 19.9 Å². The smallest absolute Gasteiger partial charge is 0.254 e. The molecule has 0 aliphatic carbocycles. The summed E-state index contributed by atoms with van der Waals surface area (Å²) in [5.74, 6) is 1.36. The van der Waals surface area contributed by atoms with E-state index in [4.69, 9.17) is 9.72 Å². The molecule has 3 heterocycles. The molecule has 0 radical (unpaired) electrons. The molecule has 1 saturated heterocycles. The lowest BCUT2D eigenvalue weighted by atomic mass is 10.1. The molecule has 0 spiro atoms. The van der Waals surface area contributed by atoms with Gasteiger partial charge in [0.2, 0.25) is 5.65 Å². The highest BCUT2D eigenvalue weighted by Crippen LogP contribution is 2.29. The van der Waals surface area contributed by atoms with Crippen LogP contribution in [-0.2, 0) is 0 Å². The van der Waals surface area contributed by atoms with Crippen molar-refractivity contribution in [3.8, 4) is 5.75 Å². The molecule has 10 heteroatoms. The Balaban J connectivity index is 1.20. The van der Waals surface area contributed by atoms with E-state index in [-0.39, 0.29) is 5.91 Å². The van der Waals surface area contributed by atoms with Crippen molar-refractivity contribution in [2.24, 2.45) is 0 Å². The van der Waals surface area contributed by atoms with Crippen molar-refractivity contribution in [3.63, 3.8) is 0 Å². The summed E-state index contributed by atoms with van der Waals surface area (Å²) in [6.45, 7) is 2.74. The first kappa shape index (κ1) is 21.8. The number of anilines is 3. The molecular weight excluding hydrogens is 456 g/mol. The first-order valence-corrected chi connectivity index (χ1v) is 11.7. The third kappa shape index (κ3) is 3.92. The molecule has 180 valence electrons. The SMILES string of the molecule is COc1ccccc1N1CCN(C(=O)c2cccc(Nc3nc4ccccc4n4nnnc34)c2)CC1. The molecular formula is C26H24N8O2. The Kier molecular flexibility index (Phi) is 5.53. The van der Waals surface area contributed by atoms with Crippen molar-refractivity contribution in [2.45, 2.75) is 0 Å². The summed E-state index contributed by atoms with van der Waals surface area (Å²) >= 11 is 0. The Morgan fingerprint density at radius 3 is 2.61 bits per heavy atom. The van der Waals surface area contributed by atoms with Gasteiger partial charge in [0, 0.05) is 37.4 Å². The number of nitrogens with zero attached hydrogens (tertiary/aromatic N) is 7. The zero-order valence-corrected chi connectivity index (χ0v) is 19.7. The lowest BCUT2D eigenvalue weighted by Gasteiger charge is -2.36. The lowest BCUT2D eigenvalue weighted by molar-refractivity contribution is 0.0746. The zero-order chi connectivity index (χ0) is 24.5. The largest absolute Gasteiger partial charge is 0.495 e. The second-order valence-corrected chi connectivity index (χ2v) is 8.52. The summed E-state index contributed by atoms with van der Waals surface area (Å²) in [7, 11) is 1.68. The van der Waals surface area contributed by atoms with Gasteiger partial charge in [-0.1, -0.05) is 30.3 Å². The van der Waals surface area contributed by atoms with E-state index in [1.807, 2.05) is 77.7 Å². The van der Waals surface area contributed by atoms with Crippen LogP contribution < -0.4 is 15.0 Å². The van der Waals surface area contributed by atoms with E-state index in [0.717, 1.165) is 41.2 Å². The quantitative estimate of drug-likeness (QED) is 0.409. The molecule has 1 aliphatic heterocycles. The number of aromatic nitrogens is 5. The fourth-order valence-corrected chi connectivity index (χ4v) is 4.58. The number of methoxy groups -OCH3 is 1. The summed E-state index contributed by atoms with van der Waals surface area (Å²) in [6.07, 6.45) is 0. The summed E-state index contributed by atoms with van der Waals surface area (Å²) in [5, 5.41) is 15.3. The summed E-state index contributed by atoms with van der Waals surface area (Å²) < 4.78 is 7.16. The average Bonchev–Trinajstić information content (AvgIpc) is 3.44. The molecule has 2 aromatic heterocycles. The minimum atomic E-state index is -0.000844. The van der Waals surface area contributed by atoms with Crippen LogP contribution in [0.5, 0.6) is 5.75 Å². The number of hydrogen-bond acceptors (Lipinski definition) is 8. The minimum absolute atomic E-state index is 0.000844. The maximum Gasteiger partial charge on any atom is 0.254 e. The summed E-state index contributed by atoms with van der Waals surface area (Å²) in [4.78, 5) is 22.2. The molecule has 1 amide bonds. The molecule has 1 fully saturated rings. The van der Waals surface area contributed by atoms with Crippen LogP contribution in [0.2, 0.25) is 0 Å². The predicted molar refractivity (Wildman–Crippen MR) is 137 cm³/mol. The number of nitrogens with one attached hydrogen (secondary N) is 1. The second-order valence-electron chi connectivity index (χ2n) is 8.52. The van der Waals surface area contributed by atoms with Crippen LogP contribution in [0.1, 0.15) is 10.4 Å². The number of carbonyl (C=O) groups excluding carboxylic acids is 1. The third-order valence-corrected chi connectivity index (χ3v) is 6.39. The van der Waals surface area contributed by atoms with Gasteiger partial charge in [0.05, 0.1) is 23.8 Å². The Hall–Kier alpha value is -4.73.